The highest BCUT2D eigenvalue weighted by molar-refractivity contribution is 5.72. The topological polar surface area (TPSA) is 96.2 Å². The SMILES string of the molecule is CCC(C)C(=O)OC1CCC=C2C=CC(C)[C@H](CCC(O)CC(O)CCOO)C21. The Balaban J connectivity index is 2.01. The summed E-state index contributed by atoms with van der Waals surface area (Å²) in [6.07, 6.45) is 9.68. The summed E-state index contributed by atoms with van der Waals surface area (Å²) in [6.45, 7) is 6.14. The van der Waals surface area contributed by atoms with E-state index >= 15 is 0 Å². The van der Waals surface area contributed by atoms with Gasteiger partial charge in [-0.2, -0.15) is 0 Å². The maximum atomic E-state index is 12.4. The van der Waals surface area contributed by atoms with Crippen LogP contribution in [0.1, 0.15) is 65.7 Å². The van der Waals surface area contributed by atoms with E-state index in [1.165, 1.54) is 5.57 Å². The fourth-order valence-corrected chi connectivity index (χ4v) is 4.51. The molecule has 0 aromatic heterocycles. The van der Waals surface area contributed by atoms with E-state index in [-0.39, 0.29) is 42.9 Å². The molecule has 0 radical (unpaired) electrons. The Kier molecular flexibility index (Phi) is 9.83. The first kappa shape index (κ1) is 24.1. The van der Waals surface area contributed by atoms with Crippen molar-refractivity contribution in [3.05, 3.63) is 23.8 Å². The molecule has 166 valence electrons. The highest BCUT2D eigenvalue weighted by Gasteiger charge is 2.40. The van der Waals surface area contributed by atoms with Crippen molar-refractivity contribution in [1.82, 2.24) is 0 Å². The van der Waals surface area contributed by atoms with Gasteiger partial charge in [0.1, 0.15) is 6.10 Å². The van der Waals surface area contributed by atoms with Crippen LogP contribution in [-0.2, 0) is 14.4 Å². The maximum absolute atomic E-state index is 12.4. The summed E-state index contributed by atoms with van der Waals surface area (Å²) in [7, 11) is 0. The second-order valence-corrected chi connectivity index (χ2v) is 8.72. The predicted molar refractivity (Wildman–Crippen MR) is 111 cm³/mol. The molecule has 6 heteroatoms. The Bertz CT molecular complexity index is 572. The van der Waals surface area contributed by atoms with E-state index in [1.54, 1.807) is 0 Å². The summed E-state index contributed by atoms with van der Waals surface area (Å²) in [5, 5.41) is 28.7. The molecule has 6 nitrogen and oxygen atoms in total. The first-order valence-corrected chi connectivity index (χ1v) is 11.1. The minimum absolute atomic E-state index is 0.0534. The van der Waals surface area contributed by atoms with Gasteiger partial charge in [-0.3, -0.25) is 10.1 Å². The van der Waals surface area contributed by atoms with Crippen LogP contribution in [0.15, 0.2) is 23.8 Å². The maximum Gasteiger partial charge on any atom is 0.308 e. The molecule has 2 aliphatic carbocycles. The van der Waals surface area contributed by atoms with Crippen LogP contribution < -0.4 is 0 Å². The lowest BCUT2D eigenvalue weighted by atomic mass is 9.66. The van der Waals surface area contributed by atoms with Crippen molar-refractivity contribution in [2.75, 3.05) is 6.61 Å². The van der Waals surface area contributed by atoms with Crippen LogP contribution in [0.3, 0.4) is 0 Å². The van der Waals surface area contributed by atoms with E-state index < -0.39 is 12.2 Å². The highest BCUT2D eigenvalue weighted by atomic mass is 17.1. The third-order valence-corrected chi connectivity index (χ3v) is 6.55. The second-order valence-electron chi connectivity index (χ2n) is 8.72. The van der Waals surface area contributed by atoms with Crippen molar-refractivity contribution in [3.63, 3.8) is 0 Å². The number of carbonyl (C=O) groups is 1. The smallest absolute Gasteiger partial charge is 0.308 e. The average molecular weight is 411 g/mol. The molecule has 29 heavy (non-hydrogen) atoms. The van der Waals surface area contributed by atoms with Crippen LogP contribution in [0.5, 0.6) is 0 Å². The fraction of sp³-hybridized carbons (Fsp3) is 0.783. The molecule has 2 aliphatic rings. The number of allylic oxidation sites excluding steroid dienone is 3. The van der Waals surface area contributed by atoms with Gasteiger partial charge in [-0.25, -0.2) is 4.89 Å². The molecule has 0 aliphatic heterocycles. The molecule has 6 unspecified atom stereocenters. The zero-order valence-electron chi connectivity index (χ0n) is 18.0. The predicted octanol–water partition coefficient (Wildman–Crippen LogP) is 3.87. The number of hydrogen-bond donors (Lipinski definition) is 3. The number of ether oxygens (including phenoxy) is 1. The van der Waals surface area contributed by atoms with Crippen LogP contribution >= 0.6 is 0 Å². The Morgan fingerprint density at radius 2 is 2.00 bits per heavy atom. The van der Waals surface area contributed by atoms with Gasteiger partial charge in [-0.1, -0.05) is 39.0 Å². The van der Waals surface area contributed by atoms with Crippen molar-refractivity contribution in [3.8, 4) is 0 Å². The summed E-state index contributed by atoms with van der Waals surface area (Å²) in [5.74, 6) is 0.574. The number of hydrogen-bond acceptors (Lipinski definition) is 6. The second kappa shape index (κ2) is 11.8. The van der Waals surface area contributed by atoms with E-state index in [4.69, 9.17) is 9.99 Å². The van der Waals surface area contributed by atoms with Crippen LogP contribution in [0.25, 0.3) is 0 Å². The molecule has 0 bridgehead atoms. The van der Waals surface area contributed by atoms with Crippen molar-refractivity contribution in [2.45, 2.75) is 84.0 Å². The summed E-state index contributed by atoms with van der Waals surface area (Å²) in [4.78, 5) is 16.4. The molecule has 0 amide bonds. The lowest BCUT2D eigenvalue weighted by Crippen LogP contribution is -2.40. The minimum Gasteiger partial charge on any atom is -0.461 e. The monoisotopic (exact) mass is 410 g/mol. The average Bonchev–Trinajstić information content (AvgIpc) is 2.71. The molecule has 0 heterocycles. The Hall–Kier alpha value is -1.21. The van der Waals surface area contributed by atoms with Crippen molar-refractivity contribution in [1.29, 1.82) is 0 Å². The molecule has 0 saturated heterocycles. The number of aliphatic hydroxyl groups excluding tert-OH is 2. The van der Waals surface area contributed by atoms with E-state index in [2.05, 4.69) is 30.0 Å². The van der Waals surface area contributed by atoms with Gasteiger partial charge in [0.15, 0.2) is 0 Å². The van der Waals surface area contributed by atoms with Gasteiger partial charge in [0.2, 0.25) is 0 Å². The Morgan fingerprint density at radius 1 is 1.28 bits per heavy atom. The van der Waals surface area contributed by atoms with Gasteiger partial charge in [-0.05, 0) is 62.4 Å². The number of rotatable bonds is 11. The standard InChI is InChI=1S/C23H38O6/c1-4-15(2)23(26)29-21-7-5-6-17-9-8-16(3)20(22(17)21)11-10-18(24)14-19(25)12-13-28-27/h6,8-9,15-16,18-22,24-25,27H,4-5,7,10-14H2,1-3H3/t15?,16?,18?,19?,20-,21?,22?/m0/s1. The number of fused-ring (bicyclic) bond motifs is 1. The molecule has 0 aromatic carbocycles. The number of aliphatic hydroxyl groups is 2. The quantitative estimate of drug-likeness (QED) is 0.272. The molecule has 7 atom stereocenters. The normalized spacial score (nSPS) is 29.5. The lowest BCUT2D eigenvalue weighted by Gasteiger charge is -2.42. The molecular weight excluding hydrogens is 372 g/mol. The number of carbonyl (C=O) groups excluding carboxylic acids is 1. The third-order valence-electron chi connectivity index (χ3n) is 6.55. The first-order chi connectivity index (χ1) is 13.9. The number of esters is 1. The molecule has 0 aromatic rings. The first-order valence-electron chi connectivity index (χ1n) is 11.1. The van der Waals surface area contributed by atoms with Gasteiger partial charge in [-0.15, -0.1) is 0 Å². The summed E-state index contributed by atoms with van der Waals surface area (Å²) in [5.41, 5.74) is 1.25. The molecule has 3 N–H and O–H groups in total. The fourth-order valence-electron chi connectivity index (χ4n) is 4.51. The molecule has 0 fully saturated rings. The van der Waals surface area contributed by atoms with Gasteiger partial charge in [0.25, 0.3) is 0 Å². The van der Waals surface area contributed by atoms with E-state index in [9.17, 15) is 15.0 Å². The van der Waals surface area contributed by atoms with E-state index in [0.717, 1.165) is 25.7 Å². The van der Waals surface area contributed by atoms with Crippen LogP contribution in [0, 0.1) is 23.7 Å². The van der Waals surface area contributed by atoms with Gasteiger partial charge >= 0.3 is 5.97 Å². The summed E-state index contributed by atoms with van der Waals surface area (Å²) < 4.78 is 5.95. The minimum atomic E-state index is -0.699. The van der Waals surface area contributed by atoms with Gasteiger partial charge in [0.05, 0.1) is 24.7 Å². The molecule has 2 rings (SSSR count). The van der Waals surface area contributed by atoms with Crippen LogP contribution in [0.4, 0.5) is 0 Å². The van der Waals surface area contributed by atoms with Gasteiger partial charge < -0.3 is 14.9 Å². The van der Waals surface area contributed by atoms with Crippen LogP contribution in [-0.4, -0.2) is 46.4 Å². The zero-order chi connectivity index (χ0) is 21.4. The largest absolute Gasteiger partial charge is 0.461 e. The lowest BCUT2D eigenvalue weighted by molar-refractivity contribution is -0.245. The van der Waals surface area contributed by atoms with Crippen molar-refractivity contribution >= 4 is 5.97 Å². The van der Waals surface area contributed by atoms with Crippen LogP contribution in [0.2, 0.25) is 0 Å². The molecule has 0 spiro atoms. The Labute approximate surface area is 174 Å². The van der Waals surface area contributed by atoms with Gasteiger partial charge in [0, 0.05) is 5.92 Å². The van der Waals surface area contributed by atoms with Crippen molar-refractivity contribution < 1.29 is 29.9 Å². The Morgan fingerprint density at radius 3 is 2.69 bits per heavy atom. The zero-order valence-corrected chi connectivity index (χ0v) is 18.0. The molecule has 0 saturated carbocycles. The third kappa shape index (κ3) is 6.92. The molecular formula is C23H38O6. The highest BCUT2D eigenvalue weighted by Crippen LogP contribution is 2.44. The van der Waals surface area contributed by atoms with E-state index in [1.807, 2.05) is 13.8 Å². The van der Waals surface area contributed by atoms with E-state index in [0.29, 0.717) is 18.8 Å². The summed E-state index contributed by atoms with van der Waals surface area (Å²) >= 11 is 0. The van der Waals surface area contributed by atoms with Crippen molar-refractivity contribution in [2.24, 2.45) is 23.7 Å². The summed E-state index contributed by atoms with van der Waals surface area (Å²) in [6, 6.07) is 0.